The molecular formula is C24H24N4O2. The molecule has 5 rings (SSSR count). The molecule has 2 aromatic carbocycles. The van der Waals surface area contributed by atoms with E-state index in [1.807, 2.05) is 42.5 Å². The van der Waals surface area contributed by atoms with Gasteiger partial charge in [0.2, 0.25) is 0 Å². The van der Waals surface area contributed by atoms with Gasteiger partial charge in [-0.15, -0.1) is 0 Å². The lowest BCUT2D eigenvalue weighted by Crippen LogP contribution is -2.31. The molecule has 0 spiro atoms. The SMILES string of the molecule is Nc1ncc(-c2ccc(OCCC3CC3)cc2)nc1-c1ccc2c(c1)CCNC2=O. The van der Waals surface area contributed by atoms with Gasteiger partial charge in [0.05, 0.1) is 18.5 Å². The van der Waals surface area contributed by atoms with E-state index in [0.717, 1.165) is 53.5 Å². The molecule has 0 unspecified atom stereocenters. The smallest absolute Gasteiger partial charge is 0.251 e. The summed E-state index contributed by atoms with van der Waals surface area (Å²) in [5, 5.41) is 2.86. The number of anilines is 1. The van der Waals surface area contributed by atoms with Crippen molar-refractivity contribution in [1.82, 2.24) is 15.3 Å². The van der Waals surface area contributed by atoms with Gasteiger partial charge in [-0.25, -0.2) is 9.97 Å². The molecular weight excluding hydrogens is 376 g/mol. The number of nitrogen functional groups attached to an aromatic ring is 1. The summed E-state index contributed by atoms with van der Waals surface area (Å²) in [4.78, 5) is 21.1. The number of benzene rings is 2. The van der Waals surface area contributed by atoms with Crippen LogP contribution in [0.2, 0.25) is 0 Å². The Balaban J connectivity index is 1.39. The first-order valence-corrected chi connectivity index (χ1v) is 10.4. The maximum atomic E-state index is 12.0. The Kier molecular flexibility index (Phi) is 4.83. The minimum absolute atomic E-state index is 0.0324. The first-order chi connectivity index (χ1) is 14.7. The molecule has 3 N–H and O–H groups in total. The quantitative estimate of drug-likeness (QED) is 0.656. The molecule has 1 aliphatic heterocycles. The fraction of sp³-hybridized carbons (Fsp3) is 0.292. The van der Waals surface area contributed by atoms with E-state index in [-0.39, 0.29) is 5.91 Å². The number of fused-ring (bicyclic) bond motifs is 1. The fourth-order valence-corrected chi connectivity index (χ4v) is 3.80. The average molecular weight is 400 g/mol. The van der Waals surface area contributed by atoms with Gasteiger partial charge in [0, 0.05) is 23.2 Å². The largest absolute Gasteiger partial charge is 0.494 e. The summed E-state index contributed by atoms with van der Waals surface area (Å²) >= 11 is 0. The lowest BCUT2D eigenvalue weighted by atomic mass is 9.96. The Bertz CT molecular complexity index is 1090. The number of hydrogen-bond acceptors (Lipinski definition) is 5. The maximum absolute atomic E-state index is 12.0. The summed E-state index contributed by atoms with van der Waals surface area (Å²) in [6.07, 6.45) is 6.31. The molecule has 1 saturated carbocycles. The standard InChI is InChI=1S/C24H24N4O2/c25-23-22(18-5-8-20-17(13-18)9-11-26-24(20)29)28-21(14-27-23)16-3-6-19(7-4-16)30-12-10-15-1-2-15/h3-8,13-15H,1-2,9-12H2,(H2,25,27)(H,26,29). The number of rotatable bonds is 6. The lowest BCUT2D eigenvalue weighted by Gasteiger charge is -2.17. The summed E-state index contributed by atoms with van der Waals surface area (Å²) in [7, 11) is 0. The first kappa shape index (κ1) is 18.6. The molecule has 0 bridgehead atoms. The molecule has 2 heterocycles. The van der Waals surface area contributed by atoms with Crippen molar-refractivity contribution in [1.29, 1.82) is 0 Å². The number of amides is 1. The number of nitrogens with zero attached hydrogens (tertiary/aromatic N) is 2. The number of nitrogens with one attached hydrogen (secondary N) is 1. The predicted octanol–water partition coefficient (Wildman–Crippen LogP) is 3.86. The molecule has 2 aliphatic rings. The topological polar surface area (TPSA) is 90.1 Å². The molecule has 1 amide bonds. The van der Waals surface area contributed by atoms with Crippen LogP contribution < -0.4 is 15.8 Å². The van der Waals surface area contributed by atoms with Crippen LogP contribution >= 0.6 is 0 Å². The van der Waals surface area contributed by atoms with Gasteiger partial charge >= 0.3 is 0 Å². The Morgan fingerprint density at radius 3 is 2.70 bits per heavy atom. The molecule has 1 fully saturated rings. The van der Waals surface area contributed by atoms with Crippen LogP contribution in [0.25, 0.3) is 22.5 Å². The number of carbonyl (C=O) groups is 1. The molecule has 1 aliphatic carbocycles. The molecule has 0 saturated heterocycles. The first-order valence-electron chi connectivity index (χ1n) is 10.4. The summed E-state index contributed by atoms with van der Waals surface area (Å²) in [5.41, 5.74) is 11.1. The van der Waals surface area contributed by atoms with Gasteiger partial charge in [0.25, 0.3) is 5.91 Å². The second kappa shape index (κ2) is 7.78. The molecule has 1 aromatic heterocycles. The fourth-order valence-electron chi connectivity index (χ4n) is 3.80. The zero-order chi connectivity index (χ0) is 20.5. The second-order valence-corrected chi connectivity index (χ2v) is 7.97. The second-order valence-electron chi connectivity index (χ2n) is 7.97. The third-order valence-electron chi connectivity index (χ3n) is 5.75. The van der Waals surface area contributed by atoms with E-state index in [1.165, 1.54) is 12.8 Å². The highest BCUT2D eigenvalue weighted by Crippen LogP contribution is 2.32. The maximum Gasteiger partial charge on any atom is 0.251 e. The zero-order valence-electron chi connectivity index (χ0n) is 16.7. The van der Waals surface area contributed by atoms with Crippen LogP contribution in [0.5, 0.6) is 5.75 Å². The van der Waals surface area contributed by atoms with Gasteiger partial charge < -0.3 is 15.8 Å². The Labute approximate surface area is 175 Å². The third kappa shape index (κ3) is 3.85. The molecule has 152 valence electrons. The average Bonchev–Trinajstić information content (AvgIpc) is 3.59. The van der Waals surface area contributed by atoms with Crippen LogP contribution in [0.1, 0.15) is 35.2 Å². The van der Waals surface area contributed by atoms with E-state index >= 15 is 0 Å². The monoisotopic (exact) mass is 400 g/mol. The molecule has 30 heavy (non-hydrogen) atoms. The highest BCUT2D eigenvalue weighted by Gasteiger charge is 2.21. The minimum atomic E-state index is -0.0324. The van der Waals surface area contributed by atoms with Crippen molar-refractivity contribution in [3.8, 4) is 28.3 Å². The van der Waals surface area contributed by atoms with Gasteiger partial charge in [0.1, 0.15) is 17.3 Å². The van der Waals surface area contributed by atoms with E-state index in [4.69, 9.17) is 15.5 Å². The van der Waals surface area contributed by atoms with Crippen molar-refractivity contribution in [2.75, 3.05) is 18.9 Å². The molecule has 0 atom stereocenters. The van der Waals surface area contributed by atoms with Crippen LogP contribution in [0.4, 0.5) is 5.82 Å². The van der Waals surface area contributed by atoms with Gasteiger partial charge in [0.15, 0.2) is 0 Å². The number of ether oxygens (including phenoxy) is 1. The summed E-state index contributed by atoms with van der Waals surface area (Å²) in [6.45, 7) is 1.41. The molecule has 3 aromatic rings. The van der Waals surface area contributed by atoms with Crippen molar-refractivity contribution in [2.45, 2.75) is 25.7 Å². The summed E-state index contributed by atoms with van der Waals surface area (Å²) in [5.74, 6) is 2.08. The Morgan fingerprint density at radius 2 is 1.90 bits per heavy atom. The van der Waals surface area contributed by atoms with Crippen LogP contribution in [0.15, 0.2) is 48.7 Å². The van der Waals surface area contributed by atoms with Crippen molar-refractivity contribution >= 4 is 11.7 Å². The van der Waals surface area contributed by atoms with Crippen LogP contribution in [-0.4, -0.2) is 29.0 Å². The van der Waals surface area contributed by atoms with Crippen LogP contribution in [0, 0.1) is 5.92 Å². The summed E-state index contributed by atoms with van der Waals surface area (Å²) in [6, 6.07) is 13.6. The normalized spacial score (nSPS) is 15.4. The van der Waals surface area contributed by atoms with Crippen molar-refractivity contribution in [2.24, 2.45) is 5.92 Å². The molecule has 6 nitrogen and oxygen atoms in total. The van der Waals surface area contributed by atoms with Crippen molar-refractivity contribution in [3.05, 3.63) is 59.8 Å². The van der Waals surface area contributed by atoms with Gasteiger partial charge in [-0.2, -0.15) is 0 Å². The molecule has 0 radical (unpaired) electrons. The van der Waals surface area contributed by atoms with E-state index < -0.39 is 0 Å². The number of carbonyl (C=O) groups excluding carboxylic acids is 1. The van der Waals surface area contributed by atoms with Crippen LogP contribution in [-0.2, 0) is 6.42 Å². The van der Waals surface area contributed by atoms with Crippen molar-refractivity contribution in [3.63, 3.8) is 0 Å². The Hall–Kier alpha value is -3.41. The Morgan fingerprint density at radius 1 is 1.10 bits per heavy atom. The minimum Gasteiger partial charge on any atom is -0.494 e. The van der Waals surface area contributed by atoms with E-state index in [0.29, 0.717) is 23.6 Å². The van der Waals surface area contributed by atoms with E-state index in [2.05, 4.69) is 10.3 Å². The lowest BCUT2D eigenvalue weighted by molar-refractivity contribution is 0.0946. The van der Waals surface area contributed by atoms with Crippen LogP contribution in [0.3, 0.4) is 0 Å². The predicted molar refractivity (Wildman–Crippen MR) is 116 cm³/mol. The van der Waals surface area contributed by atoms with Gasteiger partial charge in [-0.3, -0.25) is 4.79 Å². The number of hydrogen-bond donors (Lipinski definition) is 2. The van der Waals surface area contributed by atoms with E-state index in [9.17, 15) is 4.79 Å². The highest BCUT2D eigenvalue weighted by atomic mass is 16.5. The number of nitrogens with two attached hydrogens (primary N) is 1. The van der Waals surface area contributed by atoms with Crippen molar-refractivity contribution < 1.29 is 9.53 Å². The van der Waals surface area contributed by atoms with Gasteiger partial charge in [-0.05, 0) is 60.7 Å². The zero-order valence-corrected chi connectivity index (χ0v) is 16.7. The number of aromatic nitrogens is 2. The van der Waals surface area contributed by atoms with E-state index in [1.54, 1.807) is 6.20 Å². The van der Waals surface area contributed by atoms with Gasteiger partial charge in [-0.1, -0.05) is 18.9 Å². The highest BCUT2D eigenvalue weighted by molar-refractivity contribution is 5.97. The molecule has 6 heteroatoms. The summed E-state index contributed by atoms with van der Waals surface area (Å²) < 4.78 is 5.83. The third-order valence-corrected chi connectivity index (χ3v) is 5.75.